The van der Waals surface area contributed by atoms with Crippen LogP contribution in [0.3, 0.4) is 0 Å². The molecule has 5 heteroatoms. The number of ether oxygens (including phenoxy) is 1. The highest BCUT2D eigenvalue weighted by atomic mass is 16.8. The van der Waals surface area contributed by atoms with Gasteiger partial charge in [-0.15, -0.1) is 5.01 Å². The molecule has 1 heterocycles. The van der Waals surface area contributed by atoms with E-state index in [1.165, 1.54) is 6.08 Å². The number of hydrogen-bond donors (Lipinski definition) is 0. The fourth-order valence-corrected chi connectivity index (χ4v) is 1.74. The highest BCUT2D eigenvalue weighted by Gasteiger charge is 2.37. The Morgan fingerprint density at radius 3 is 2.94 bits per heavy atom. The van der Waals surface area contributed by atoms with E-state index in [1.54, 1.807) is 0 Å². The second-order valence-electron chi connectivity index (χ2n) is 4.08. The van der Waals surface area contributed by atoms with Crippen molar-refractivity contribution in [1.29, 1.82) is 0 Å². The first-order valence-corrected chi connectivity index (χ1v) is 5.60. The Morgan fingerprint density at radius 1 is 1.75 bits per heavy atom. The fraction of sp³-hybridized carbons (Fsp3) is 0.727. The number of nitrogens with zero attached hydrogens (tertiary/aromatic N) is 2. The van der Waals surface area contributed by atoms with E-state index in [9.17, 15) is 4.79 Å². The van der Waals surface area contributed by atoms with Crippen molar-refractivity contribution in [1.82, 2.24) is 5.01 Å². The second-order valence-corrected chi connectivity index (χ2v) is 4.08. The molecule has 0 spiro atoms. The molecule has 2 unspecified atom stereocenters. The summed E-state index contributed by atoms with van der Waals surface area (Å²) in [6.07, 6.45) is 1.36. The Morgan fingerprint density at radius 2 is 2.44 bits per heavy atom. The minimum absolute atomic E-state index is 0.151. The van der Waals surface area contributed by atoms with E-state index in [2.05, 4.69) is 11.6 Å². The van der Waals surface area contributed by atoms with Gasteiger partial charge in [0.2, 0.25) is 0 Å². The molecule has 16 heavy (non-hydrogen) atoms. The highest BCUT2D eigenvalue weighted by molar-refractivity contribution is 5.80. The lowest BCUT2D eigenvalue weighted by molar-refractivity contribution is -1.16. The molecule has 0 aliphatic carbocycles. The van der Waals surface area contributed by atoms with Crippen molar-refractivity contribution in [3.05, 3.63) is 12.7 Å². The van der Waals surface area contributed by atoms with Gasteiger partial charge in [0.05, 0.1) is 25.8 Å². The summed E-state index contributed by atoms with van der Waals surface area (Å²) in [4.78, 5) is 16.7. The van der Waals surface area contributed by atoms with Crippen LogP contribution in [-0.2, 0) is 14.4 Å². The molecule has 1 fully saturated rings. The van der Waals surface area contributed by atoms with Crippen molar-refractivity contribution >= 4 is 5.97 Å². The zero-order valence-electron chi connectivity index (χ0n) is 10.3. The quantitative estimate of drug-likeness (QED) is 0.405. The van der Waals surface area contributed by atoms with Crippen LogP contribution in [-0.4, -0.2) is 55.1 Å². The average Bonchev–Trinajstić information content (AvgIpc) is 2.28. The zero-order chi connectivity index (χ0) is 12.2. The minimum atomic E-state index is -0.400. The number of rotatable bonds is 4. The summed E-state index contributed by atoms with van der Waals surface area (Å²) >= 11 is 0. The summed E-state index contributed by atoms with van der Waals surface area (Å²) in [5.74, 6) is -0.400. The lowest BCUT2D eigenvalue weighted by Gasteiger charge is -2.41. The summed E-state index contributed by atoms with van der Waals surface area (Å²) in [6.45, 7) is 10.3. The molecule has 5 nitrogen and oxygen atoms in total. The molecule has 0 bridgehead atoms. The van der Waals surface area contributed by atoms with Crippen LogP contribution in [0.15, 0.2) is 12.7 Å². The topological polar surface area (TPSA) is 38.8 Å². The standard InChI is InChI=1S/C11H21N2O3/c1-5-11(14)16-13(4,6-2)12-7-8-15-10(3)9-12/h5,10H,1,6-9H2,2-4H3/q+1. The molecule has 0 aromatic carbocycles. The Bertz CT molecular complexity index is 270. The number of morpholine rings is 1. The van der Waals surface area contributed by atoms with Crippen molar-refractivity contribution in [3.63, 3.8) is 0 Å². The third-order valence-corrected chi connectivity index (χ3v) is 2.86. The summed E-state index contributed by atoms with van der Waals surface area (Å²) in [5, 5.41) is 2.09. The monoisotopic (exact) mass is 229 g/mol. The van der Waals surface area contributed by atoms with Crippen molar-refractivity contribution in [2.45, 2.75) is 20.0 Å². The molecule has 1 aliphatic rings. The average molecular weight is 229 g/mol. The molecule has 92 valence electrons. The maximum atomic E-state index is 11.3. The van der Waals surface area contributed by atoms with Crippen LogP contribution in [0.4, 0.5) is 0 Å². The zero-order valence-corrected chi connectivity index (χ0v) is 10.3. The summed E-state index contributed by atoms with van der Waals surface area (Å²) in [5.41, 5.74) is 0. The predicted octanol–water partition coefficient (Wildman–Crippen LogP) is 0.733. The molecule has 0 aromatic rings. The van der Waals surface area contributed by atoms with E-state index in [1.807, 2.05) is 20.9 Å². The Kier molecular flexibility index (Phi) is 4.46. The number of carbonyl (C=O) groups is 1. The van der Waals surface area contributed by atoms with E-state index in [4.69, 9.17) is 9.57 Å². The molecule has 0 amide bonds. The summed E-state index contributed by atoms with van der Waals surface area (Å²) < 4.78 is 5.62. The molecule has 1 saturated heterocycles. The van der Waals surface area contributed by atoms with E-state index in [-0.39, 0.29) is 10.9 Å². The van der Waals surface area contributed by atoms with E-state index in [0.29, 0.717) is 13.2 Å². The smallest absolute Gasteiger partial charge is 0.375 e. The minimum Gasteiger partial charge on any atom is -0.375 e. The summed E-state index contributed by atoms with van der Waals surface area (Å²) in [6, 6.07) is 0. The van der Waals surface area contributed by atoms with Gasteiger partial charge in [0.15, 0.2) is 0 Å². The molecule has 0 aromatic heterocycles. The molecule has 2 atom stereocenters. The van der Waals surface area contributed by atoms with Gasteiger partial charge in [0, 0.05) is 6.08 Å². The van der Waals surface area contributed by atoms with Crippen molar-refractivity contribution in [2.24, 2.45) is 0 Å². The van der Waals surface area contributed by atoms with E-state index in [0.717, 1.165) is 13.1 Å². The van der Waals surface area contributed by atoms with Gasteiger partial charge >= 0.3 is 5.97 Å². The van der Waals surface area contributed by atoms with E-state index < -0.39 is 5.97 Å². The van der Waals surface area contributed by atoms with Crippen molar-refractivity contribution in [3.8, 4) is 0 Å². The molecule has 0 N–H and O–H groups in total. The molecule has 0 saturated carbocycles. The lowest BCUT2D eigenvalue weighted by Crippen LogP contribution is -2.62. The van der Waals surface area contributed by atoms with Crippen LogP contribution >= 0.6 is 0 Å². The maximum Gasteiger partial charge on any atom is 0.392 e. The largest absolute Gasteiger partial charge is 0.392 e. The Labute approximate surface area is 96.7 Å². The Balaban J connectivity index is 2.69. The van der Waals surface area contributed by atoms with Gasteiger partial charge in [-0.3, -0.25) is 4.84 Å². The van der Waals surface area contributed by atoms with Crippen LogP contribution in [0.1, 0.15) is 13.8 Å². The van der Waals surface area contributed by atoms with Crippen LogP contribution < -0.4 is 0 Å². The van der Waals surface area contributed by atoms with Crippen molar-refractivity contribution in [2.75, 3.05) is 33.3 Å². The fourth-order valence-electron chi connectivity index (χ4n) is 1.74. The molecular formula is C11H21N2O3+. The predicted molar refractivity (Wildman–Crippen MR) is 60.0 cm³/mol. The van der Waals surface area contributed by atoms with Gasteiger partial charge < -0.3 is 4.74 Å². The number of quaternary nitrogens is 1. The first kappa shape index (κ1) is 13.2. The number of carbonyl (C=O) groups excluding carboxylic acids is 1. The van der Waals surface area contributed by atoms with Gasteiger partial charge in [-0.2, -0.15) is 0 Å². The second kappa shape index (κ2) is 5.43. The van der Waals surface area contributed by atoms with E-state index >= 15 is 0 Å². The molecule has 1 rings (SSSR count). The first-order chi connectivity index (χ1) is 7.51. The van der Waals surface area contributed by atoms with Crippen LogP contribution in [0, 0.1) is 0 Å². The van der Waals surface area contributed by atoms with Crippen LogP contribution in [0.25, 0.3) is 0 Å². The lowest BCUT2D eigenvalue weighted by atomic mass is 10.3. The van der Waals surface area contributed by atoms with Gasteiger partial charge in [-0.25, -0.2) is 4.79 Å². The normalized spacial score (nSPS) is 25.8. The van der Waals surface area contributed by atoms with Gasteiger partial charge in [0.25, 0.3) is 0 Å². The van der Waals surface area contributed by atoms with Gasteiger partial charge in [-0.05, 0) is 13.8 Å². The maximum absolute atomic E-state index is 11.3. The molecule has 0 radical (unpaired) electrons. The van der Waals surface area contributed by atoms with Crippen LogP contribution in [0.5, 0.6) is 0 Å². The van der Waals surface area contributed by atoms with Gasteiger partial charge in [0.1, 0.15) is 13.6 Å². The van der Waals surface area contributed by atoms with Crippen LogP contribution in [0.2, 0.25) is 0 Å². The number of hydroxylamine groups is 2. The highest BCUT2D eigenvalue weighted by Crippen LogP contribution is 2.15. The molecule has 1 aliphatic heterocycles. The third-order valence-electron chi connectivity index (χ3n) is 2.86. The first-order valence-electron chi connectivity index (χ1n) is 5.60. The number of hydrogen-bond acceptors (Lipinski definition) is 4. The molecular weight excluding hydrogens is 208 g/mol. The third kappa shape index (κ3) is 3.04. The summed E-state index contributed by atoms with van der Waals surface area (Å²) in [7, 11) is 1.87. The van der Waals surface area contributed by atoms with Gasteiger partial charge in [-0.1, -0.05) is 11.3 Å². The van der Waals surface area contributed by atoms with Crippen molar-refractivity contribution < 1.29 is 19.1 Å². The SMILES string of the molecule is C=CC(=O)O[N+](C)(CC)N1CCOC(C)C1. The Hall–Kier alpha value is -0.910.